The lowest BCUT2D eigenvalue weighted by Crippen LogP contribution is -2.12. The molecule has 14 heavy (non-hydrogen) atoms. The summed E-state index contributed by atoms with van der Waals surface area (Å²) in [7, 11) is 0. The molecule has 5 heteroatoms. The van der Waals surface area contributed by atoms with E-state index in [1.54, 1.807) is 30.7 Å². The minimum Gasteiger partial charge on any atom is -0.267 e. The molecule has 0 fully saturated rings. The smallest absolute Gasteiger partial charge is 0.267 e. The van der Waals surface area contributed by atoms with Crippen LogP contribution in [0.5, 0.6) is 0 Å². The molecule has 0 spiro atoms. The predicted molar refractivity (Wildman–Crippen MR) is 53.9 cm³/mol. The summed E-state index contributed by atoms with van der Waals surface area (Å²) >= 11 is 3.25. The number of hydrogen-bond donors (Lipinski definition) is 0. The van der Waals surface area contributed by atoms with Crippen LogP contribution in [0.1, 0.15) is 10.4 Å². The van der Waals surface area contributed by atoms with Crippen LogP contribution in [0.4, 0.5) is 0 Å². The first-order valence-corrected chi connectivity index (χ1v) is 4.71. The lowest BCUT2D eigenvalue weighted by Gasteiger charge is -1.99. The van der Waals surface area contributed by atoms with Crippen LogP contribution in [0.15, 0.2) is 41.4 Å². The molecule has 4 nitrogen and oxygen atoms in total. The van der Waals surface area contributed by atoms with Crippen molar-refractivity contribution in [1.29, 1.82) is 0 Å². The Hall–Kier alpha value is -1.49. The average Bonchev–Trinajstić information content (AvgIpc) is 2.69. The molecule has 0 saturated carbocycles. The molecule has 2 aromatic heterocycles. The van der Waals surface area contributed by atoms with Crippen molar-refractivity contribution < 1.29 is 4.79 Å². The van der Waals surface area contributed by atoms with Gasteiger partial charge in [0.15, 0.2) is 0 Å². The highest BCUT2D eigenvalue weighted by Crippen LogP contribution is 2.10. The maximum absolute atomic E-state index is 11.7. The van der Waals surface area contributed by atoms with Crippen molar-refractivity contribution >= 4 is 21.8 Å². The topological polar surface area (TPSA) is 47.8 Å². The minimum absolute atomic E-state index is 0.191. The van der Waals surface area contributed by atoms with Crippen LogP contribution in [-0.4, -0.2) is 20.7 Å². The average molecular weight is 252 g/mol. The number of hydrogen-bond acceptors (Lipinski definition) is 3. The Labute approximate surface area is 88.7 Å². The first kappa shape index (κ1) is 9.08. The second-order valence-corrected chi connectivity index (χ2v) is 3.56. The molecule has 2 aromatic rings. The van der Waals surface area contributed by atoms with Crippen molar-refractivity contribution in [2.75, 3.05) is 0 Å². The molecule has 0 bridgehead atoms. The van der Waals surface area contributed by atoms with Gasteiger partial charge in [-0.05, 0) is 28.1 Å². The molecule has 2 rings (SSSR count). The summed E-state index contributed by atoms with van der Waals surface area (Å²) < 4.78 is 2.04. The summed E-state index contributed by atoms with van der Waals surface area (Å²) in [5, 5.41) is 3.85. The monoisotopic (exact) mass is 251 g/mol. The molecule has 0 radical (unpaired) electrons. The maximum atomic E-state index is 11.7. The fourth-order valence-electron chi connectivity index (χ4n) is 1.05. The Kier molecular flexibility index (Phi) is 2.41. The summed E-state index contributed by atoms with van der Waals surface area (Å²) in [6.07, 6.45) is 6.29. The van der Waals surface area contributed by atoms with Gasteiger partial charge in [0.25, 0.3) is 5.91 Å². The third kappa shape index (κ3) is 1.72. The van der Waals surface area contributed by atoms with Crippen molar-refractivity contribution in [3.63, 3.8) is 0 Å². The number of aromatic nitrogens is 3. The second kappa shape index (κ2) is 3.71. The van der Waals surface area contributed by atoms with E-state index in [1.807, 2.05) is 0 Å². The Morgan fingerprint density at radius 2 is 2.29 bits per heavy atom. The number of nitrogens with zero attached hydrogens (tertiary/aromatic N) is 3. The summed E-state index contributed by atoms with van der Waals surface area (Å²) in [5.41, 5.74) is 0.503. The molecule has 0 aliphatic carbocycles. The van der Waals surface area contributed by atoms with E-state index in [1.165, 1.54) is 10.9 Å². The zero-order chi connectivity index (χ0) is 9.97. The Balaban J connectivity index is 2.37. The summed E-state index contributed by atoms with van der Waals surface area (Å²) in [6, 6.07) is 3.40. The van der Waals surface area contributed by atoms with Crippen molar-refractivity contribution in [3.05, 3.63) is 47.0 Å². The fourth-order valence-corrected chi connectivity index (χ4v) is 1.41. The summed E-state index contributed by atoms with van der Waals surface area (Å²) in [6.45, 7) is 0. The van der Waals surface area contributed by atoms with Gasteiger partial charge in [0, 0.05) is 29.3 Å². The van der Waals surface area contributed by atoms with Crippen LogP contribution in [0.25, 0.3) is 0 Å². The van der Waals surface area contributed by atoms with E-state index < -0.39 is 0 Å². The van der Waals surface area contributed by atoms with Gasteiger partial charge < -0.3 is 0 Å². The van der Waals surface area contributed by atoms with Crippen molar-refractivity contribution in [3.8, 4) is 0 Å². The molecular formula is C9H6BrN3O. The van der Waals surface area contributed by atoms with Crippen LogP contribution in [0.2, 0.25) is 0 Å². The van der Waals surface area contributed by atoms with E-state index in [9.17, 15) is 4.79 Å². The van der Waals surface area contributed by atoms with Crippen molar-refractivity contribution in [1.82, 2.24) is 14.8 Å². The molecule has 0 N–H and O–H groups in total. The first-order valence-electron chi connectivity index (χ1n) is 3.92. The zero-order valence-corrected chi connectivity index (χ0v) is 8.68. The van der Waals surface area contributed by atoms with Crippen LogP contribution >= 0.6 is 15.9 Å². The highest BCUT2D eigenvalue weighted by atomic mass is 79.9. The van der Waals surface area contributed by atoms with Gasteiger partial charge >= 0.3 is 0 Å². The molecule has 70 valence electrons. The number of halogens is 1. The van der Waals surface area contributed by atoms with Gasteiger partial charge in [-0.2, -0.15) is 5.10 Å². The van der Waals surface area contributed by atoms with Crippen LogP contribution < -0.4 is 0 Å². The van der Waals surface area contributed by atoms with E-state index in [0.29, 0.717) is 5.56 Å². The second-order valence-electron chi connectivity index (χ2n) is 2.65. The summed E-state index contributed by atoms with van der Waals surface area (Å²) in [5.74, 6) is -0.191. The predicted octanol–water partition coefficient (Wildman–Crippen LogP) is 1.73. The van der Waals surface area contributed by atoms with Crippen molar-refractivity contribution in [2.45, 2.75) is 0 Å². The summed E-state index contributed by atoms with van der Waals surface area (Å²) in [4.78, 5) is 15.6. The molecule has 0 unspecified atom stereocenters. The van der Waals surface area contributed by atoms with Gasteiger partial charge in [0.05, 0.1) is 5.56 Å². The van der Waals surface area contributed by atoms with Gasteiger partial charge in [0.1, 0.15) is 0 Å². The lowest BCUT2D eigenvalue weighted by molar-refractivity contribution is 0.0944. The standard InChI is InChI=1S/C9H6BrN3O/c10-8-4-7(5-11-6-8)9(14)13-3-1-2-12-13/h1-6H. The molecule has 0 atom stereocenters. The molecule has 0 aliphatic heterocycles. The number of carbonyl (C=O) groups excluding carboxylic acids is 1. The van der Waals surface area contributed by atoms with E-state index in [-0.39, 0.29) is 5.91 Å². The van der Waals surface area contributed by atoms with Crippen molar-refractivity contribution in [2.24, 2.45) is 0 Å². The molecule has 0 aromatic carbocycles. The van der Waals surface area contributed by atoms with Crippen LogP contribution in [0.3, 0.4) is 0 Å². The highest BCUT2D eigenvalue weighted by molar-refractivity contribution is 9.10. The van der Waals surface area contributed by atoms with Crippen LogP contribution in [0, 0.1) is 0 Å². The first-order chi connectivity index (χ1) is 6.77. The third-order valence-electron chi connectivity index (χ3n) is 1.66. The number of rotatable bonds is 1. The van der Waals surface area contributed by atoms with Gasteiger partial charge in [-0.3, -0.25) is 9.78 Å². The van der Waals surface area contributed by atoms with Gasteiger partial charge in [-0.15, -0.1) is 0 Å². The van der Waals surface area contributed by atoms with Gasteiger partial charge in [-0.1, -0.05) is 0 Å². The van der Waals surface area contributed by atoms with Gasteiger partial charge in [0.2, 0.25) is 0 Å². The third-order valence-corrected chi connectivity index (χ3v) is 2.10. The molecule has 0 amide bonds. The highest BCUT2D eigenvalue weighted by Gasteiger charge is 2.08. The number of pyridine rings is 1. The Bertz CT molecular complexity index is 453. The van der Waals surface area contributed by atoms with E-state index >= 15 is 0 Å². The number of carbonyl (C=O) groups is 1. The van der Waals surface area contributed by atoms with Crippen LogP contribution in [-0.2, 0) is 0 Å². The molecule has 2 heterocycles. The Morgan fingerprint density at radius 3 is 2.93 bits per heavy atom. The fraction of sp³-hybridized carbons (Fsp3) is 0. The largest absolute Gasteiger partial charge is 0.279 e. The van der Waals surface area contributed by atoms with E-state index in [0.717, 1.165) is 4.47 Å². The zero-order valence-electron chi connectivity index (χ0n) is 7.09. The molecular weight excluding hydrogens is 246 g/mol. The molecule has 0 saturated heterocycles. The van der Waals surface area contributed by atoms with E-state index in [4.69, 9.17) is 0 Å². The van der Waals surface area contributed by atoms with Gasteiger partial charge in [-0.25, -0.2) is 4.68 Å². The SMILES string of the molecule is O=C(c1cncc(Br)c1)n1cccn1. The normalized spacial score (nSPS) is 10.1. The maximum Gasteiger partial charge on any atom is 0.279 e. The van der Waals surface area contributed by atoms with E-state index in [2.05, 4.69) is 26.0 Å². The quantitative estimate of drug-likeness (QED) is 0.776. The molecule has 0 aliphatic rings. The lowest BCUT2D eigenvalue weighted by atomic mass is 10.3. The minimum atomic E-state index is -0.191. The Morgan fingerprint density at radius 1 is 1.43 bits per heavy atom.